The predicted molar refractivity (Wildman–Crippen MR) is 69.0 cm³/mol. The van der Waals surface area contributed by atoms with Gasteiger partial charge in [-0.15, -0.1) is 6.58 Å². The Morgan fingerprint density at radius 3 is 2.56 bits per heavy atom. The standard InChI is InChI=1S/C13H26O5/c1-5-8-15-10-13(6-2,9-14)11-17-18-12(4)16-7-3/h5,12,14H,1,6-11H2,2-4H3. The van der Waals surface area contributed by atoms with Crippen molar-refractivity contribution >= 4 is 0 Å². The van der Waals surface area contributed by atoms with Crippen LogP contribution in [0.2, 0.25) is 0 Å². The van der Waals surface area contributed by atoms with Crippen LogP contribution in [0.1, 0.15) is 27.2 Å². The largest absolute Gasteiger partial charge is 0.396 e. The zero-order chi connectivity index (χ0) is 13.9. The van der Waals surface area contributed by atoms with Crippen molar-refractivity contribution in [3.63, 3.8) is 0 Å². The minimum absolute atomic E-state index is 0.0208. The molecule has 5 heteroatoms. The van der Waals surface area contributed by atoms with Crippen LogP contribution < -0.4 is 0 Å². The van der Waals surface area contributed by atoms with Gasteiger partial charge >= 0.3 is 0 Å². The molecule has 108 valence electrons. The Balaban J connectivity index is 4.04. The average Bonchev–Trinajstić information content (AvgIpc) is 2.37. The summed E-state index contributed by atoms with van der Waals surface area (Å²) in [6.45, 7) is 10.8. The summed E-state index contributed by atoms with van der Waals surface area (Å²) in [4.78, 5) is 10.2. The number of aliphatic hydroxyl groups is 1. The van der Waals surface area contributed by atoms with Gasteiger partial charge in [-0.2, -0.15) is 0 Å². The van der Waals surface area contributed by atoms with Gasteiger partial charge in [-0.3, -0.25) is 0 Å². The van der Waals surface area contributed by atoms with Gasteiger partial charge in [0, 0.05) is 12.0 Å². The third-order valence-electron chi connectivity index (χ3n) is 2.70. The molecule has 2 unspecified atom stereocenters. The van der Waals surface area contributed by atoms with Gasteiger partial charge in [0.15, 0.2) is 6.29 Å². The van der Waals surface area contributed by atoms with Crippen LogP contribution in [0.5, 0.6) is 0 Å². The van der Waals surface area contributed by atoms with Gasteiger partial charge in [0.1, 0.15) is 0 Å². The first-order chi connectivity index (χ1) is 8.64. The normalized spacial score (nSPS) is 16.2. The lowest BCUT2D eigenvalue weighted by Crippen LogP contribution is -2.36. The molecule has 0 spiro atoms. The van der Waals surface area contributed by atoms with E-state index in [0.29, 0.717) is 19.8 Å². The Bertz CT molecular complexity index is 204. The van der Waals surface area contributed by atoms with Crippen molar-refractivity contribution in [1.82, 2.24) is 0 Å². The lowest BCUT2D eigenvalue weighted by Gasteiger charge is -2.29. The Morgan fingerprint density at radius 2 is 2.06 bits per heavy atom. The molecule has 0 saturated heterocycles. The molecule has 0 aromatic rings. The van der Waals surface area contributed by atoms with Crippen LogP contribution in [0.25, 0.3) is 0 Å². The van der Waals surface area contributed by atoms with Crippen LogP contribution in [0.3, 0.4) is 0 Å². The maximum atomic E-state index is 9.47. The SMILES string of the molecule is C=CCOCC(CC)(CO)COOC(C)OCC. The van der Waals surface area contributed by atoms with Crippen LogP contribution in [-0.2, 0) is 19.2 Å². The molecule has 0 rings (SSSR count). The fourth-order valence-corrected chi connectivity index (χ4v) is 1.32. The van der Waals surface area contributed by atoms with Gasteiger partial charge in [-0.05, 0) is 20.3 Å². The number of hydrogen-bond donors (Lipinski definition) is 1. The molecule has 0 amide bonds. The Labute approximate surface area is 110 Å². The summed E-state index contributed by atoms with van der Waals surface area (Å²) >= 11 is 0. The maximum Gasteiger partial charge on any atom is 0.188 e. The van der Waals surface area contributed by atoms with Crippen molar-refractivity contribution in [3.8, 4) is 0 Å². The number of aliphatic hydroxyl groups excluding tert-OH is 1. The third-order valence-corrected chi connectivity index (χ3v) is 2.70. The van der Waals surface area contributed by atoms with Crippen LogP contribution >= 0.6 is 0 Å². The molecule has 0 aliphatic rings. The molecule has 0 radical (unpaired) electrons. The Kier molecular flexibility index (Phi) is 10.2. The van der Waals surface area contributed by atoms with E-state index in [1.807, 2.05) is 13.8 Å². The van der Waals surface area contributed by atoms with E-state index in [1.165, 1.54) is 0 Å². The van der Waals surface area contributed by atoms with Crippen molar-refractivity contribution in [2.24, 2.45) is 5.41 Å². The van der Waals surface area contributed by atoms with E-state index in [1.54, 1.807) is 13.0 Å². The highest BCUT2D eigenvalue weighted by molar-refractivity contribution is 4.77. The summed E-state index contributed by atoms with van der Waals surface area (Å²) in [6.07, 6.45) is 1.98. The van der Waals surface area contributed by atoms with Crippen molar-refractivity contribution < 1.29 is 24.4 Å². The highest BCUT2D eigenvalue weighted by Gasteiger charge is 2.29. The smallest absolute Gasteiger partial charge is 0.188 e. The number of hydrogen-bond acceptors (Lipinski definition) is 5. The van der Waals surface area contributed by atoms with Crippen LogP contribution in [0, 0.1) is 5.41 Å². The monoisotopic (exact) mass is 262 g/mol. The van der Waals surface area contributed by atoms with Gasteiger partial charge < -0.3 is 14.6 Å². The average molecular weight is 262 g/mol. The molecule has 0 aliphatic heterocycles. The molecular formula is C13H26O5. The van der Waals surface area contributed by atoms with Crippen molar-refractivity contribution in [2.45, 2.75) is 33.5 Å². The second-order valence-corrected chi connectivity index (χ2v) is 4.20. The Morgan fingerprint density at radius 1 is 1.33 bits per heavy atom. The first kappa shape index (κ1) is 17.5. The lowest BCUT2D eigenvalue weighted by molar-refractivity contribution is -0.384. The summed E-state index contributed by atoms with van der Waals surface area (Å²) in [7, 11) is 0. The molecule has 0 aromatic carbocycles. The molecule has 1 N–H and O–H groups in total. The second kappa shape index (κ2) is 10.5. The van der Waals surface area contributed by atoms with Gasteiger partial charge in [-0.25, -0.2) is 9.78 Å². The van der Waals surface area contributed by atoms with Crippen LogP contribution in [0.15, 0.2) is 12.7 Å². The van der Waals surface area contributed by atoms with Crippen molar-refractivity contribution in [2.75, 3.05) is 33.0 Å². The zero-order valence-corrected chi connectivity index (χ0v) is 11.7. The van der Waals surface area contributed by atoms with E-state index >= 15 is 0 Å². The van der Waals surface area contributed by atoms with E-state index in [-0.39, 0.29) is 13.2 Å². The van der Waals surface area contributed by atoms with E-state index in [2.05, 4.69) is 6.58 Å². The van der Waals surface area contributed by atoms with Crippen molar-refractivity contribution in [3.05, 3.63) is 12.7 Å². The molecule has 0 saturated carbocycles. The molecule has 5 nitrogen and oxygen atoms in total. The number of rotatable bonds is 12. The highest BCUT2D eigenvalue weighted by Crippen LogP contribution is 2.22. The quantitative estimate of drug-likeness (QED) is 0.191. The molecular weight excluding hydrogens is 236 g/mol. The van der Waals surface area contributed by atoms with E-state index in [9.17, 15) is 5.11 Å². The van der Waals surface area contributed by atoms with Gasteiger partial charge in [0.2, 0.25) is 0 Å². The first-order valence-corrected chi connectivity index (χ1v) is 6.33. The topological polar surface area (TPSA) is 57.2 Å². The fraction of sp³-hybridized carbons (Fsp3) is 0.846. The minimum Gasteiger partial charge on any atom is -0.396 e. The minimum atomic E-state index is -0.449. The van der Waals surface area contributed by atoms with Gasteiger partial charge in [-0.1, -0.05) is 13.0 Å². The third kappa shape index (κ3) is 7.08. The zero-order valence-electron chi connectivity index (χ0n) is 11.7. The van der Waals surface area contributed by atoms with Gasteiger partial charge in [0.25, 0.3) is 0 Å². The molecule has 0 fully saturated rings. The summed E-state index contributed by atoms with van der Waals surface area (Å²) in [5.74, 6) is 0. The molecule has 0 aromatic heterocycles. The van der Waals surface area contributed by atoms with Crippen LogP contribution in [-0.4, -0.2) is 44.4 Å². The summed E-state index contributed by atoms with van der Waals surface area (Å²) < 4.78 is 10.6. The van der Waals surface area contributed by atoms with E-state index in [0.717, 1.165) is 6.42 Å². The molecule has 0 heterocycles. The molecule has 0 bridgehead atoms. The predicted octanol–water partition coefficient (Wildman–Crippen LogP) is 1.91. The van der Waals surface area contributed by atoms with E-state index < -0.39 is 11.7 Å². The lowest BCUT2D eigenvalue weighted by atomic mass is 9.88. The first-order valence-electron chi connectivity index (χ1n) is 6.33. The molecule has 18 heavy (non-hydrogen) atoms. The fourth-order valence-electron chi connectivity index (χ4n) is 1.32. The van der Waals surface area contributed by atoms with Gasteiger partial charge in [0.05, 0.1) is 26.4 Å². The Hall–Kier alpha value is -0.460. The summed E-state index contributed by atoms with van der Waals surface area (Å²) in [6, 6.07) is 0. The summed E-state index contributed by atoms with van der Waals surface area (Å²) in [5, 5.41) is 9.47. The van der Waals surface area contributed by atoms with Crippen LogP contribution in [0.4, 0.5) is 0 Å². The second-order valence-electron chi connectivity index (χ2n) is 4.20. The van der Waals surface area contributed by atoms with Crippen molar-refractivity contribution in [1.29, 1.82) is 0 Å². The number of ether oxygens (including phenoxy) is 2. The maximum absolute atomic E-state index is 9.47. The van der Waals surface area contributed by atoms with E-state index in [4.69, 9.17) is 19.2 Å². The molecule has 0 aliphatic carbocycles. The highest BCUT2D eigenvalue weighted by atomic mass is 17.2. The molecule has 2 atom stereocenters. The summed E-state index contributed by atoms with van der Waals surface area (Å²) in [5.41, 5.74) is -0.449.